The predicted octanol–water partition coefficient (Wildman–Crippen LogP) is 4.18. The van der Waals surface area contributed by atoms with Crippen LogP contribution < -0.4 is 0 Å². The number of aromatic nitrogens is 1. The Balaban J connectivity index is 1.40. The summed E-state index contributed by atoms with van der Waals surface area (Å²) in [6.07, 6.45) is 3.34. The fourth-order valence-corrected chi connectivity index (χ4v) is 4.68. The Morgan fingerprint density at radius 1 is 1.21 bits per heavy atom. The van der Waals surface area contributed by atoms with Gasteiger partial charge in [0.25, 0.3) is 5.91 Å². The number of amides is 2. The fourth-order valence-electron chi connectivity index (χ4n) is 4.24. The summed E-state index contributed by atoms with van der Waals surface area (Å²) in [6, 6.07) is 7.80. The van der Waals surface area contributed by atoms with Crippen LogP contribution in [0.5, 0.6) is 0 Å². The average Bonchev–Trinajstić information content (AvgIpc) is 2.96. The average molecular weight is 436 g/mol. The first kappa shape index (κ1) is 20.1. The van der Waals surface area contributed by atoms with Gasteiger partial charge in [-0.3, -0.25) is 9.59 Å². The molecule has 2 amide bonds. The minimum Gasteiger partial charge on any atom is -0.339 e. The molecule has 2 aliphatic heterocycles. The van der Waals surface area contributed by atoms with E-state index >= 15 is 0 Å². The molecular formula is C21H20Cl2FN3O2. The first-order valence-electron chi connectivity index (χ1n) is 9.48. The van der Waals surface area contributed by atoms with E-state index in [0.717, 1.165) is 18.4 Å². The molecule has 1 spiro atoms. The normalized spacial score (nSPS) is 18.5. The smallest absolute Gasteiger partial charge is 0.256 e. The minimum absolute atomic E-state index is 0.0824. The van der Waals surface area contributed by atoms with Crippen LogP contribution in [0.25, 0.3) is 0 Å². The van der Waals surface area contributed by atoms with Crippen molar-refractivity contribution in [3.8, 4) is 0 Å². The number of hydrogen-bond acceptors (Lipinski definition) is 3. The Hall–Kier alpha value is -2.18. The quantitative estimate of drug-likeness (QED) is 0.679. The number of benzene rings is 1. The van der Waals surface area contributed by atoms with Crippen LogP contribution in [0.3, 0.4) is 0 Å². The third kappa shape index (κ3) is 4.23. The van der Waals surface area contributed by atoms with Crippen LogP contribution in [0.1, 0.15) is 35.2 Å². The van der Waals surface area contributed by atoms with Gasteiger partial charge in [-0.25, -0.2) is 9.37 Å². The molecule has 1 aromatic carbocycles. The molecule has 3 heterocycles. The van der Waals surface area contributed by atoms with E-state index in [9.17, 15) is 14.0 Å². The molecule has 2 aliphatic rings. The summed E-state index contributed by atoms with van der Waals surface area (Å²) in [5.74, 6) is -0.389. The van der Waals surface area contributed by atoms with Crippen LogP contribution in [-0.4, -0.2) is 46.2 Å². The zero-order chi connectivity index (χ0) is 20.6. The number of pyridine rings is 1. The second kappa shape index (κ2) is 7.92. The maximum atomic E-state index is 13.4. The Labute approximate surface area is 178 Å². The van der Waals surface area contributed by atoms with Crippen LogP contribution >= 0.6 is 23.2 Å². The molecule has 0 saturated carbocycles. The molecule has 5 nitrogen and oxygen atoms in total. The Morgan fingerprint density at radius 3 is 2.66 bits per heavy atom. The van der Waals surface area contributed by atoms with Crippen molar-refractivity contribution < 1.29 is 14.0 Å². The molecule has 0 bridgehead atoms. The van der Waals surface area contributed by atoms with E-state index in [1.807, 2.05) is 6.07 Å². The van der Waals surface area contributed by atoms with E-state index in [2.05, 4.69) is 4.98 Å². The molecule has 0 unspecified atom stereocenters. The third-order valence-corrected chi connectivity index (χ3v) is 6.35. The van der Waals surface area contributed by atoms with E-state index in [4.69, 9.17) is 23.2 Å². The highest BCUT2D eigenvalue weighted by molar-refractivity contribution is 6.36. The lowest BCUT2D eigenvalue weighted by molar-refractivity contribution is -0.128. The fraction of sp³-hybridized carbons (Fsp3) is 0.381. The van der Waals surface area contributed by atoms with Gasteiger partial charge in [0.15, 0.2) is 0 Å². The topological polar surface area (TPSA) is 53.5 Å². The van der Waals surface area contributed by atoms with Gasteiger partial charge >= 0.3 is 0 Å². The van der Waals surface area contributed by atoms with Gasteiger partial charge in [-0.05, 0) is 36.6 Å². The molecule has 2 fully saturated rings. The van der Waals surface area contributed by atoms with E-state index in [1.165, 1.54) is 24.4 Å². The number of hydrogen-bond donors (Lipinski definition) is 0. The second-order valence-corrected chi connectivity index (χ2v) is 8.63. The van der Waals surface area contributed by atoms with Crippen LogP contribution in [0.15, 0.2) is 36.5 Å². The summed E-state index contributed by atoms with van der Waals surface area (Å²) < 4.78 is 13.4. The number of rotatable bonds is 3. The molecule has 2 saturated heterocycles. The molecule has 29 heavy (non-hydrogen) atoms. The van der Waals surface area contributed by atoms with Crippen molar-refractivity contribution >= 4 is 35.0 Å². The molecule has 2 aromatic rings. The molecule has 1 aromatic heterocycles. The zero-order valence-corrected chi connectivity index (χ0v) is 17.2. The molecule has 8 heteroatoms. The van der Waals surface area contributed by atoms with E-state index in [1.54, 1.807) is 15.9 Å². The number of carbonyl (C=O) groups excluding carboxylic acids is 2. The first-order valence-corrected chi connectivity index (χ1v) is 10.2. The highest BCUT2D eigenvalue weighted by Crippen LogP contribution is 2.42. The maximum absolute atomic E-state index is 13.4. The third-order valence-electron chi connectivity index (χ3n) is 5.83. The van der Waals surface area contributed by atoms with Crippen molar-refractivity contribution in [3.05, 3.63) is 63.6 Å². The number of carbonyl (C=O) groups is 2. The van der Waals surface area contributed by atoms with E-state index in [0.29, 0.717) is 38.2 Å². The van der Waals surface area contributed by atoms with Gasteiger partial charge in [0.05, 0.1) is 10.6 Å². The van der Waals surface area contributed by atoms with Crippen LogP contribution in [0.4, 0.5) is 4.39 Å². The predicted molar refractivity (Wildman–Crippen MR) is 108 cm³/mol. The van der Waals surface area contributed by atoms with E-state index < -0.39 is 0 Å². The SMILES string of the molecule is O=C1CC2(CCN(C(=O)c3cnc(Cl)cc3Cl)CC2)CN1Cc1cccc(F)c1. The van der Waals surface area contributed by atoms with Crippen molar-refractivity contribution in [2.45, 2.75) is 25.8 Å². The summed E-state index contributed by atoms with van der Waals surface area (Å²) in [7, 11) is 0. The van der Waals surface area contributed by atoms with Gasteiger partial charge in [-0.1, -0.05) is 35.3 Å². The molecule has 0 aliphatic carbocycles. The van der Waals surface area contributed by atoms with Crippen LogP contribution in [0.2, 0.25) is 10.2 Å². The van der Waals surface area contributed by atoms with Crippen molar-refractivity contribution in [2.24, 2.45) is 5.41 Å². The van der Waals surface area contributed by atoms with Crippen molar-refractivity contribution in [1.82, 2.24) is 14.8 Å². The van der Waals surface area contributed by atoms with Gasteiger partial charge in [0, 0.05) is 44.2 Å². The van der Waals surface area contributed by atoms with Crippen molar-refractivity contribution in [3.63, 3.8) is 0 Å². The molecule has 0 N–H and O–H groups in total. The molecule has 4 rings (SSSR count). The summed E-state index contributed by atoms with van der Waals surface area (Å²) in [6.45, 7) is 2.15. The summed E-state index contributed by atoms with van der Waals surface area (Å²) in [4.78, 5) is 32.8. The van der Waals surface area contributed by atoms with Crippen molar-refractivity contribution in [1.29, 1.82) is 0 Å². The Bertz CT molecular complexity index is 961. The highest BCUT2D eigenvalue weighted by atomic mass is 35.5. The number of nitrogens with zero attached hydrogens (tertiary/aromatic N) is 3. The van der Waals surface area contributed by atoms with Crippen molar-refractivity contribution in [2.75, 3.05) is 19.6 Å². The van der Waals surface area contributed by atoms with Gasteiger partial charge in [0.1, 0.15) is 11.0 Å². The largest absolute Gasteiger partial charge is 0.339 e. The number of likely N-dealkylation sites (tertiary alicyclic amines) is 2. The molecule has 0 atom stereocenters. The summed E-state index contributed by atoms with van der Waals surface area (Å²) >= 11 is 11.9. The monoisotopic (exact) mass is 435 g/mol. The lowest BCUT2D eigenvalue weighted by atomic mass is 9.77. The summed E-state index contributed by atoms with van der Waals surface area (Å²) in [5.41, 5.74) is 0.985. The zero-order valence-electron chi connectivity index (χ0n) is 15.7. The van der Waals surface area contributed by atoms with Gasteiger partial charge in [-0.2, -0.15) is 0 Å². The Kier molecular flexibility index (Phi) is 5.49. The van der Waals surface area contributed by atoms with Gasteiger partial charge in [0.2, 0.25) is 5.91 Å². The maximum Gasteiger partial charge on any atom is 0.256 e. The lowest BCUT2D eigenvalue weighted by Gasteiger charge is -2.39. The highest BCUT2D eigenvalue weighted by Gasteiger charge is 2.45. The van der Waals surface area contributed by atoms with Crippen LogP contribution in [0, 0.1) is 11.2 Å². The summed E-state index contributed by atoms with van der Waals surface area (Å²) in [5, 5.41) is 0.527. The minimum atomic E-state index is -0.300. The molecule has 152 valence electrons. The molecular weight excluding hydrogens is 416 g/mol. The standard InChI is InChI=1S/C21H20Cl2FN3O2/c22-17-9-18(23)25-11-16(17)20(29)26-6-4-21(5-7-26)10-19(28)27(13-21)12-14-2-1-3-15(24)8-14/h1-3,8-9,11H,4-7,10,12-13H2. The van der Waals surface area contributed by atoms with Gasteiger partial charge < -0.3 is 9.80 Å². The number of piperidine rings is 1. The number of halogens is 3. The van der Waals surface area contributed by atoms with E-state index in [-0.39, 0.29) is 33.2 Å². The Morgan fingerprint density at radius 2 is 1.97 bits per heavy atom. The lowest BCUT2D eigenvalue weighted by Crippen LogP contribution is -2.44. The second-order valence-electron chi connectivity index (χ2n) is 7.84. The first-order chi connectivity index (χ1) is 13.8. The van der Waals surface area contributed by atoms with Crippen LogP contribution in [-0.2, 0) is 11.3 Å². The molecule has 0 radical (unpaired) electrons. The van der Waals surface area contributed by atoms with Gasteiger partial charge in [-0.15, -0.1) is 0 Å².